The number of amides is 1. The first-order chi connectivity index (χ1) is 14.5. The van der Waals surface area contributed by atoms with Gasteiger partial charge in [0.25, 0.3) is 0 Å². The molecule has 1 saturated heterocycles. The lowest BCUT2D eigenvalue weighted by atomic mass is 10.1. The van der Waals surface area contributed by atoms with Crippen molar-refractivity contribution in [1.29, 1.82) is 0 Å². The number of carbonyl (C=O) groups is 1. The number of carbonyl (C=O) groups excluding carboxylic acids is 1. The van der Waals surface area contributed by atoms with E-state index >= 15 is 0 Å². The van der Waals surface area contributed by atoms with Gasteiger partial charge in [0.1, 0.15) is 11.9 Å². The number of fused-ring (bicyclic) bond motifs is 1. The van der Waals surface area contributed by atoms with Gasteiger partial charge in [0.2, 0.25) is 5.91 Å². The van der Waals surface area contributed by atoms with Crippen molar-refractivity contribution in [1.82, 2.24) is 19.8 Å². The van der Waals surface area contributed by atoms with Crippen LogP contribution in [-0.2, 0) is 11.2 Å². The van der Waals surface area contributed by atoms with E-state index in [1.807, 2.05) is 54.0 Å². The summed E-state index contributed by atoms with van der Waals surface area (Å²) in [6, 6.07) is 12.9. The topological polar surface area (TPSA) is 50.2 Å². The number of hydrogen-bond acceptors (Lipinski definition) is 3. The van der Waals surface area contributed by atoms with E-state index in [1.165, 1.54) is 12.8 Å². The minimum Gasteiger partial charge on any atom is -0.353 e. The van der Waals surface area contributed by atoms with Crippen LogP contribution in [0, 0.1) is 0 Å². The minimum absolute atomic E-state index is 0.0103. The van der Waals surface area contributed by atoms with Crippen LogP contribution in [0.5, 0.6) is 0 Å². The Morgan fingerprint density at radius 3 is 2.53 bits per heavy atom. The molecular formula is C23H26Cl2N4O. The molecule has 4 rings (SSSR count). The predicted molar refractivity (Wildman–Crippen MR) is 122 cm³/mol. The molecule has 2 heterocycles. The normalized spacial score (nSPS) is 15.6. The van der Waals surface area contributed by atoms with Crippen molar-refractivity contribution < 1.29 is 4.79 Å². The number of para-hydroxylation sites is 2. The minimum atomic E-state index is -0.396. The number of likely N-dealkylation sites (tertiary alicyclic amines) is 1. The summed E-state index contributed by atoms with van der Waals surface area (Å²) in [5, 5.41) is 4.30. The maximum Gasteiger partial charge on any atom is 0.242 e. The molecule has 7 heteroatoms. The van der Waals surface area contributed by atoms with E-state index in [2.05, 4.69) is 10.2 Å². The van der Waals surface area contributed by atoms with Gasteiger partial charge < -0.3 is 14.8 Å². The van der Waals surface area contributed by atoms with E-state index in [0.29, 0.717) is 23.0 Å². The van der Waals surface area contributed by atoms with Crippen LogP contribution in [0.15, 0.2) is 42.5 Å². The molecule has 5 nitrogen and oxygen atoms in total. The van der Waals surface area contributed by atoms with Crippen LogP contribution in [0.3, 0.4) is 0 Å². The zero-order valence-electron chi connectivity index (χ0n) is 17.1. The van der Waals surface area contributed by atoms with E-state index in [0.717, 1.165) is 42.1 Å². The Labute approximate surface area is 187 Å². The quantitative estimate of drug-likeness (QED) is 0.573. The van der Waals surface area contributed by atoms with Crippen molar-refractivity contribution in [3.05, 3.63) is 63.9 Å². The Morgan fingerprint density at radius 2 is 1.80 bits per heavy atom. The van der Waals surface area contributed by atoms with Gasteiger partial charge in [0, 0.05) is 29.6 Å². The summed E-state index contributed by atoms with van der Waals surface area (Å²) in [5.74, 6) is 0.761. The summed E-state index contributed by atoms with van der Waals surface area (Å²) in [7, 11) is 0. The number of imidazole rings is 1. The number of rotatable bonds is 7. The number of aromatic nitrogens is 2. The van der Waals surface area contributed by atoms with Gasteiger partial charge in [-0.25, -0.2) is 4.98 Å². The molecule has 30 heavy (non-hydrogen) atoms. The first kappa shape index (κ1) is 21.2. The Hall–Kier alpha value is -2.08. The third-order valence-electron chi connectivity index (χ3n) is 5.76. The summed E-state index contributed by atoms with van der Waals surface area (Å²) in [5.41, 5.74) is 2.60. The van der Waals surface area contributed by atoms with Crippen LogP contribution in [-0.4, -0.2) is 46.5 Å². The van der Waals surface area contributed by atoms with Crippen molar-refractivity contribution >= 4 is 40.1 Å². The van der Waals surface area contributed by atoms with Gasteiger partial charge in [-0.1, -0.05) is 41.4 Å². The molecule has 1 amide bonds. The molecule has 0 saturated carbocycles. The van der Waals surface area contributed by atoms with Gasteiger partial charge in [-0.15, -0.1) is 0 Å². The van der Waals surface area contributed by atoms with Crippen LogP contribution < -0.4 is 5.32 Å². The molecule has 1 aromatic heterocycles. The molecule has 0 spiro atoms. The van der Waals surface area contributed by atoms with Gasteiger partial charge in [-0.05, 0) is 62.7 Å². The summed E-state index contributed by atoms with van der Waals surface area (Å²) in [6.07, 6.45) is 2.96. The average Bonchev–Trinajstić information content (AvgIpc) is 3.37. The van der Waals surface area contributed by atoms with Crippen molar-refractivity contribution in [2.75, 3.05) is 26.2 Å². The largest absolute Gasteiger partial charge is 0.353 e. The van der Waals surface area contributed by atoms with Crippen molar-refractivity contribution in [3.8, 4) is 0 Å². The average molecular weight is 445 g/mol. The highest BCUT2D eigenvalue weighted by molar-refractivity contribution is 6.36. The molecule has 2 aromatic carbocycles. The molecule has 1 atom stereocenters. The van der Waals surface area contributed by atoms with E-state index in [1.54, 1.807) is 0 Å². The van der Waals surface area contributed by atoms with Gasteiger partial charge in [0.05, 0.1) is 11.0 Å². The van der Waals surface area contributed by atoms with Crippen LogP contribution in [0.4, 0.5) is 0 Å². The van der Waals surface area contributed by atoms with Gasteiger partial charge in [0.15, 0.2) is 0 Å². The number of nitrogens with zero attached hydrogens (tertiary/aromatic N) is 3. The van der Waals surface area contributed by atoms with Gasteiger partial charge in [-0.2, -0.15) is 0 Å². The maximum absolute atomic E-state index is 13.0. The van der Waals surface area contributed by atoms with Crippen LogP contribution in [0.2, 0.25) is 10.0 Å². The molecule has 1 unspecified atom stereocenters. The van der Waals surface area contributed by atoms with E-state index in [4.69, 9.17) is 28.2 Å². The predicted octanol–water partition coefficient (Wildman–Crippen LogP) is 4.71. The number of halogens is 2. The zero-order valence-corrected chi connectivity index (χ0v) is 18.6. The molecule has 0 aliphatic carbocycles. The first-order valence-electron chi connectivity index (χ1n) is 10.4. The zero-order chi connectivity index (χ0) is 21.1. The molecule has 158 valence electrons. The molecule has 0 bridgehead atoms. The van der Waals surface area contributed by atoms with Crippen molar-refractivity contribution in [2.24, 2.45) is 0 Å². The fourth-order valence-corrected chi connectivity index (χ4v) is 4.65. The molecule has 1 aliphatic heterocycles. The third kappa shape index (κ3) is 4.48. The Kier molecular flexibility index (Phi) is 6.61. The van der Waals surface area contributed by atoms with Crippen molar-refractivity contribution in [2.45, 2.75) is 32.2 Å². The highest BCUT2D eigenvalue weighted by Crippen LogP contribution is 2.29. The Bertz CT molecular complexity index is 1020. The smallest absolute Gasteiger partial charge is 0.242 e. The standard InChI is InChI=1S/C23H26Cl2N4O/c1-16(23(30)26-11-14-28-12-4-5-13-28)29-21-10-3-2-9-20(21)27-22(29)15-17-18(24)7-6-8-19(17)25/h2-3,6-10,16H,4-5,11-15H2,1H3,(H,26,30). The second kappa shape index (κ2) is 9.38. The summed E-state index contributed by atoms with van der Waals surface area (Å²) in [4.78, 5) is 20.2. The Morgan fingerprint density at radius 1 is 1.10 bits per heavy atom. The molecular weight excluding hydrogens is 419 g/mol. The van der Waals surface area contributed by atoms with Gasteiger partial charge in [-0.3, -0.25) is 4.79 Å². The molecule has 1 fully saturated rings. The second-order valence-electron chi connectivity index (χ2n) is 7.78. The molecule has 0 radical (unpaired) electrons. The van der Waals surface area contributed by atoms with Crippen LogP contribution >= 0.6 is 23.2 Å². The van der Waals surface area contributed by atoms with E-state index in [-0.39, 0.29) is 5.91 Å². The summed E-state index contributed by atoms with van der Waals surface area (Å²) >= 11 is 12.8. The number of hydrogen-bond donors (Lipinski definition) is 1. The maximum atomic E-state index is 13.0. The van der Waals surface area contributed by atoms with Crippen LogP contribution in [0.25, 0.3) is 11.0 Å². The van der Waals surface area contributed by atoms with Crippen molar-refractivity contribution in [3.63, 3.8) is 0 Å². The summed E-state index contributed by atoms with van der Waals surface area (Å²) < 4.78 is 2.00. The highest BCUT2D eigenvalue weighted by atomic mass is 35.5. The van der Waals surface area contributed by atoms with Crippen LogP contribution in [0.1, 0.15) is 37.2 Å². The third-order valence-corrected chi connectivity index (χ3v) is 6.47. The second-order valence-corrected chi connectivity index (χ2v) is 8.59. The van der Waals surface area contributed by atoms with E-state index in [9.17, 15) is 4.79 Å². The lowest BCUT2D eigenvalue weighted by Crippen LogP contribution is -2.37. The lowest BCUT2D eigenvalue weighted by Gasteiger charge is -2.20. The fourth-order valence-electron chi connectivity index (χ4n) is 4.12. The molecule has 3 aromatic rings. The Balaban J connectivity index is 1.58. The molecule has 1 N–H and O–H groups in total. The SMILES string of the molecule is CC(C(=O)NCCN1CCCC1)n1c(Cc2c(Cl)cccc2Cl)nc2ccccc21. The molecule has 1 aliphatic rings. The number of benzene rings is 2. The fraction of sp³-hybridized carbons (Fsp3) is 0.391. The monoisotopic (exact) mass is 444 g/mol. The number of nitrogens with one attached hydrogen (secondary N) is 1. The summed E-state index contributed by atoms with van der Waals surface area (Å²) in [6.45, 7) is 5.71. The van der Waals surface area contributed by atoms with Gasteiger partial charge >= 0.3 is 0 Å². The first-order valence-corrected chi connectivity index (χ1v) is 11.2. The van der Waals surface area contributed by atoms with E-state index < -0.39 is 6.04 Å². The lowest BCUT2D eigenvalue weighted by molar-refractivity contribution is -0.123. The highest BCUT2D eigenvalue weighted by Gasteiger charge is 2.23.